The molecule has 1 aromatic carbocycles. The fourth-order valence-electron chi connectivity index (χ4n) is 1.06. The minimum absolute atomic E-state index is 0.275. The maximum absolute atomic E-state index is 5.19. The monoisotopic (exact) mass is 270 g/mol. The van der Waals surface area contributed by atoms with Crippen LogP contribution in [0.15, 0.2) is 32.3 Å². The molecule has 0 aliphatic rings. The van der Waals surface area contributed by atoms with Crippen molar-refractivity contribution in [3.63, 3.8) is 0 Å². The molecular weight excluding hydrogens is 264 g/mol. The van der Waals surface area contributed by atoms with E-state index in [9.17, 15) is 0 Å². The molecule has 0 aliphatic heterocycles. The minimum atomic E-state index is 0.275. The summed E-state index contributed by atoms with van der Waals surface area (Å²) in [6, 6.07) is 5.86. The van der Waals surface area contributed by atoms with Gasteiger partial charge in [0.2, 0.25) is 5.89 Å². The Kier molecular flexibility index (Phi) is 2.60. The van der Waals surface area contributed by atoms with E-state index in [1.165, 1.54) is 5.56 Å². The zero-order valence-electron chi connectivity index (χ0n) is 7.36. The molecule has 2 aromatic rings. The first kappa shape index (κ1) is 9.73. The number of benzene rings is 1. The van der Waals surface area contributed by atoms with E-state index in [4.69, 9.17) is 4.42 Å². The van der Waals surface area contributed by atoms with Gasteiger partial charge in [0.15, 0.2) is 0 Å². The molecule has 0 saturated heterocycles. The lowest BCUT2D eigenvalue weighted by Gasteiger charge is -1.99. The third-order valence-corrected chi connectivity index (χ3v) is 2.87. The average Bonchev–Trinajstić information content (AvgIpc) is 2.57. The molecule has 0 aliphatic carbocycles. The second-order valence-corrected chi connectivity index (χ2v) is 4.09. The van der Waals surface area contributed by atoms with E-state index in [1.807, 2.05) is 25.1 Å². The number of aromatic nitrogens is 2. The summed E-state index contributed by atoms with van der Waals surface area (Å²) in [6.45, 7) is 2.02. The number of halogens is 1. The van der Waals surface area contributed by atoms with E-state index in [-0.39, 0.29) is 5.22 Å². The van der Waals surface area contributed by atoms with Crippen molar-refractivity contribution in [2.45, 2.75) is 12.1 Å². The Morgan fingerprint density at radius 3 is 2.71 bits per heavy atom. The van der Waals surface area contributed by atoms with Crippen molar-refractivity contribution in [1.29, 1.82) is 0 Å². The molecule has 0 amide bonds. The van der Waals surface area contributed by atoms with Crippen LogP contribution in [0.2, 0.25) is 0 Å². The Bertz CT molecular complexity index is 470. The van der Waals surface area contributed by atoms with Crippen LogP contribution in [-0.4, -0.2) is 10.2 Å². The molecular formula is C9H7BrN2OS. The number of thiol groups is 1. The van der Waals surface area contributed by atoms with Crippen molar-refractivity contribution in [3.8, 4) is 11.5 Å². The molecule has 0 atom stereocenters. The van der Waals surface area contributed by atoms with Crippen LogP contribution in [0.5, 0.6) is 0 Å². The summed E-state index contributed by atoms with van der Waals surface area (Å²) < 4.78 is 6.21. The van der Waals surface area contributed by atoms with Gasteiger partial charge in [-0.15, -0.1) is 10.2 Å². The fraction of sp³-hybridized carbons (Fsp3) is 0.111. The molecule has 14 heavy (non-hydrogen) atoms. The zero-order valence-corrected chi connectivity index (χ0v) is 9.84. The third kappa shape index (κ3) is 1.83. The minimum Gasteiger partial charge on any atom is -0.411 e. The van der Waals surface area contributed by atoms with Crippen LogP contribution < -0.4 is 0 Å². The first-order valence-electron chi connectivity index (χ1n) is 3.96. The van der Waals surface area contributed by atoms with Gasteiger partial charge in [-0.05, 0) is 24.6 Å². The van der Waals surface area contributed by atoms with Crippen LogP contribution in [0.1, 0.15) is 5.56 Å². The second-order valence-electron chi connectivity index (χ2n) is 2.85. The molecule has 0 unspecified atom stereocenters. The van der Waals surface area contributed by atoms with Crippen LogP contribution in [0.3, 0.4) is 0 Å². The molecule has 3 nitrogen and oxygen atoms in total. The smallest absolute Gasteiger partial charge is 0.273 e. The van der Waals surface area contributed by atoms with E-state index in [0.29, 0.717) is 5.89 Å². The highest BCUT2D eigenvalue weighted by atomic mass is 79.9. The summed E-state index contributed by atoms with van der Waals surface area (Å²) in [5.41, 5.74) is 2.05. The van der Waals surface area contributed by atoms with Crippen LogP contribution in [0, 0.1) is 6.92 Å². The second kappa shape index (κ2) is 3.74. The Morgan fingerprint density at radius 1 is 1.36 bits per heavy atom. The largest absolute Gasteiger partial charge is 0.411 e. The molecule has 0 radical (unpaired) electrons. The van der Waals surface area contributed by atoms with Gasteiger partial charge < -0.3 is 4.42 Å². The highest BCUT2D eigenvalue weighted by molar-refractivity contribution is 9.10. The SMILES string of the molecule is Cc1ccc(-c2nnc(S)o2)cc1Br. The van der Waals surface area contributed by atoms with Crippen molar-refractivity contribution in [2.24, 2.45) is 0 Å². The number of hydrogen-bond acceptors (Lipinski definition) is 4. The summed E-state index contributed by atoms with van der Waals surface area (Å²) in [5, 5.41) is 7.79. The highest BCUT2D eigenvalue weighted by Gasteiger charge is 2.06. The van der Waals surface area contributed by atoms with Crippen molar-refractivity contribution < 1.29 is 4.42 Å². The van der Waals surface area contributed by atoms with Crippen LogP contribution in [0.4, 0.5) is 0 Å². The first-order chi connectivity index (χ1) is 6.66. The molecule has 0 saturated carbocycles. The van der Waals surface area contributed by atoms with E-state index in [2.05, 4.69) is 38.8 Å². The summed E-state index contributed by atoms with van der Waals surface area (Å²) >= 11 is 7.39. The summed E-state index contributed by atoms with van der Waals surface area (Å²) in [6.07, 6.45) is 0. The molecule has 0 bridgehead atoms. The van der Waals surface area contributed by atoms with Gasteiger partial charge in [-0.3, -0.25) is 0 Å². The lowest BCUT2D eigenvalue weighted by atomic mass is 10.1. The number of hydrogen-bond donors (Lipinski definition) is 1. The standard InChI is InChI=1S/C9H7BrN2OS/c1-5-2-3-6(4-7(5)10)8-11-12-9(14)13-8/h2-4H,1H3,(H,12,14). The fourth-order valence-corrected chi connectivity index (χ4v) is 1.57. The maximum Gasteiger partial charge on any atom is 0.273 e. The van der Waals surface area contributed by atoms with Gasteiger partial charge in [0.1, 0.15) is 0 Å². The summed E-state index contributed by atoms with van der Waals surface area (Å²) in [5.74, 6) is 0.482. The van der Waals surface area contributed by atoms with E-state index in [0.717, 1.165) is 10.0 Å². The lowest BCUT2D eigenvalue weighted by Crippen LogP contribution is -1.80. The van der Waals surface area contributed by atoms with Crippen LogP contribution >= 0.6 is 28.6 Å². The van der Waals surface area contributed by atoms with Crippen molar-refractivity contribution in [2.75, 3.05) is 0 Å². The van der Waals surface area contributed by atoms with Gasteiger partial charge in [-0.1, -0.05) is 34.6 Å². The number of nitrogens with zero attached hydrogens (tertiary/aromatic N) is 2. The molecule has 1 heterocycles. The van der Waals surface area contributed by atoms with Gasteiger partial charge in [0, 0.05) is 10.0 Å². The Labute approximate surface area is 95.1 Å². The molecule has 2 rings (SSSR count). The van der Waals surface area contributed by atoms with Gasteiger partial charge >= 0.3 is 0 Å². The molecule has 0 spiro atoms. The van der Waals surface area contributed by atoms with E-state index in [1.54, 1.807) is 0 Å². The topological polar surface area (TPSA) is 38.9 Å². The Balaban J connectivity index is 2.47. The number of rotatable bonds is 1. The van der Waals surface area contributed by atoms with Crippen molar-refractivity contribution in [1.82, 2.24) is 10.2 Å². The Morgan fingerprint density at radius 2 is 2.14 bits per heavy atom. The molecule has 1 aromatic heterocycles. The maximum atomic E-state index is 5.19. The molecule has 0 fully saturated rings. The van der Waals surface area contributed by atoms with Gasteiger partial charge in [-0.2, -0.15) is 0 Å². The summed E-state index contributed by atoms with van der Waals surface area (Å²) in [7, 11) is 0. The average molecular weight is 271 g/mol. The third-order valence-electron chi connectivity index (χ3n) is 1.83. The van der Waals surface area contributed by atoms with E-state index < -0.39 is 0 Å². The van der Waals surface area contributed by atoms with Crippen LogP contribution in [0.25, 0.3) is 11.5 Å². The number of aryl methyl sites for hydroxylation is 1. The molecule has 72 valence electrons. The van der Waals surface area contributed by atoms with Gasteiger partial charge in [-0.25, -0.2) is 0 Å². The normalized spacial score (nSPS) is 10.5. The highest BCUT2D eigenvalue weighted by Crippen LogP contribution is 2.25. The van der Waals surface area contributed by atoms with Gasteiger partial charge in [0.25, 0.3) is 5.22 Å². The molecule has 0 N–H and O–H groups in total. The van der Waals surface area contributed by atoms with Gasteiger partial charge in [0.05, 0.1) is 0 Å². The summed E-state index contributed by atoms with van der Waals surface area (Å²) in [4.78, 5) is 0. The predicted molar refractivity (Wildman–Crippen MR) is 59.4 cm³/mol. The van der Waals surface area contributed by atoms with E-state index >= 15 is 0 Å². The van der Waals surface area contributed by atoms with Crippen molar-refractivity contribution >= 4 is 28.6 Å². The Hall–Kier alpha value is -0.810. The first-order valence-corrected chi connectivity index (χ1v) is 5.20. The molecule has 5 heteroatoms. The van der Waals surface area contributed by atoms with Crippen LogP contribution in [-0.2, 0) is 0 Å². The quantitative estimate of drug-likeness (QED) is 0.810. The lowest BCUT2D eigenvalue weighted by molar-refractivity contribution is 0.468. The van der Waals surface area contributed by atoms with Crippen molar-refractivity contribution in [3.05, 3.63) is 28.2 Å². The zero-order chi connectivity index (χ0) is 10.1. The predicted octanol–water partition coefficient (Wildman–Crippen LogP) is 3.10.